The molecule has 1 fully saturated rings. The highest BCUT2D eigenvalue weighted by Gasteiger charge is 2.56. The number of nitrogens with zero attached hydrogens (tertiary/aromatic N) is 1. The second-order valence-electron chi connectivity index (χ2n) is 4.39. The molecule has 1 N–H and O–H groups in total. The molecule has 4 heteroatoms. The number of hydrogen-bond acceptors (Lipinski definition) is 2. The minimum absolute atomic E-state index is 0.157. The Morgan fingerprint density at radius 2 is 2.25 bits per heavy atom. The zero-order valence-electron chi connectivity index (χ0n) is 9.09. The summed E-state index contributed by atoms with van der Waals surface area (Å²) in [6.45, 7) is 2.97. The molecule has 1 spiro atoms. The molecule has 0 atom stereocenters. The van der Waals surface area contributed by atoms with E-state index in [0.717, 1.165) is 35.2 Å². The molecule has 1 aromatic carbocycles. The maximum atomic E-state index is 12.0. The third kappa shape index (κ3) is 1.22. The van der Waals surface area contributed by atoms with Gasteiger partial charge in [-0.25, -0.2) is 0 Å². The number of hydrogen-bond donors (Lipinski definition) is 1. The Kier molecular flexibility index (Phi) is 2.05. The van der Waals surface area contributed by atoms with E-state index >= 15 is 0 Å². The first-order valence-corrected chi connectivity index (χ1v) is 6.35. The van der Waals surface area contributed by atoms with Crippen molar-refractivity contribution in [3.63, 3.8) is 0 Å². The molecule has 0 radical (unpaired) electrons. The summed E-state index contributed by atoms with van der Waals surface area (Å²) in [5, 5.41) is 3.00. The summed E-state index contributed by atoms with van der Waals surface area (Å²) in [5.41, 5.74) is 1.81. The van der Waals surface area contributed by atoms with Gasteiger partial charge in [-0.05, 0) is 38.0 Å². The Hall–Kier alpha value is -1.03. The van der Waals surface area contributed by atoms with E-state index in [2.05, 4.69) is 39.1 Å². The monoisotopic (exact) mass is 280 g/mol. The summed E-state index contributed by atoms with van der Waals surface area (Å²) in [4.78, 5) is 14.3. The van der Waals surface area contributed by atoms with Gasteiger partial charge in [0.25, 0.3) is 0 Å². The van der Waals surface area contributed by atoms with Gasteiger partial charge in [0.15, 0.2) is 0 Å². The molecule has 0 aromatic heterocycles. The lowest BCUT2D eigenvalue weighted by Gasteiger charge is -2.38. The fraction of sp³-hybridized carbons (Fsp3) is 0.417. The molecule has 1 heterocycles. The molecule has 3 nitrogen and oxygen atoms in total. The van der Waals surface area contributed by atoms with Gasteiger partial charge in [-0.15, -0.1) is 0 Å². The summed E-state index contributed by atoms with van der Waals surface area (Å²) >= 11 is 3.48. The smallest absolute Gasteiger partial charge is 0.250 e. The highest BCUT2D eigenvalue weighted by Crippen LogP contribution is 2.50. The van der Waals surface area contributed by atoms with Crippen LogP contribution >= 0.6 is 15.9 Å². The van der Waals surface area contributed by atoms with E-state index in [1.807, 2.05) is 12.1 Å². The second-order valence-corrected chi connectivity index (χ2v) is 5.31. The molecule has 16 heavy (non-hydrogen) atoms. The van der Waals surface area contributed by atoms with Gasteiger partial charge in [0.2, 0.25) is 5.91 Å². The molecule has 1 aromatic rings. The predicted molar refractivity (Wildman–Crippen MR) is 67.8 cm³/mol. The van der Waals surface area contributed by atoms with E-state index in [-0.39, 0.29) is 11.4 Å². The molecule has 1 saturated carbocycles. The van der Waals surface area contributed by atoms with Crippen molar-refractivity contribution in [2.45, 2.75) is 25.3 Å². The molecule has 1 aliphatic carbocycles. The molecule has 3 rings (SSSR count). The van der Waals surface area contributed by atoms with Gasteiger partial charge in [0, 0.05) is 11.0 Å². The van der Waals surface area contributed by atoms with Crippen LogP contribution in [0.1, 0.15) is 19.8 Å². The summed E-state index contributed by atoms with van der Waals surface area (Å²) in [6.07, 6.45) is 1.94. The molecular formula is C12H13BrN2O. The average Bonchev–Trinajstić information content (AvgIpc) is 3.03. The third-order valence-electron chi connectivity index (χ3n) is 3.48. The minimum atomic E-state index is -0.247. The van der Waals surface area contributed by atoms with E-state index in [1.54, 1.807) is 0 Å². The number of carbonyl (C=O) groups is 1. The van der Waals surface area contributed by atoms with Crippen LogP contribution in [0.25, 0.3) is 0 Å². The normalized spacial score (nSPS) is 20.6. The molecule has 0 bridgehead atoms. The van der Waals surface area contributed by atoms with Crippen LogP contribution in [0.3, 0.4) is 0 Å². The first-order chi connectivity index (χ1) is 7.67. The zero-order valence-corrected chi connectivity index (χ0v) is 10.7. The van der Waals surface area contributed by atoms with E-state index in [0.29, 0.717) is 0 Å². The Morgan fingerprint density at radius 3 is 2.88 bits per heavy atom. The van der Waals surface area contributed by atoms with Crippen LogP contribution in [0, 0.1) is 0 Å². The highest BCUT2D eigenvalue weighted by atomic mass is 79.9. The Bertz CT molecular complexity index is 468. The van der Waals surface area contributed by atoms with Crippen LogP contribution in [-0.4, -0.2) is 18.0 Å². The maximum absolute atomic E-state index is 12.0. The van der Waals surface area contributed by atoms with Gasteiger partial charge >= 0.3 is 0 Å². The number of anilines is 2. The van der Waals surface area contributed by atoms with Crippen LogP contribution in [0.4, 0.5) is 11.4 Å². The number of carbonyl (C=O) groups excluding carboxylic acids is 1. The molecule has 1 aliphatic heterocycles. The summed E-state index contributed by atoms with van der Waals surface area (Å²) in [6, 6.07) is 5.99. The van der Waals surface area contributed by atoms with Gasteiger partial charge in [0.05, 0.1) is 11.4 Å². The fourth-order valence-corrected chi connectivity index (χ4v) is 2.86. The zero-order chi connectivity index (χ0) is 11.3. The number of likely N-dealkylation sites (N-methyl/N-ethyl adjacent to an activating group) is 1. The standard InChI is InChI=1S/C12H13BrN2O/c1-2-15-10-7-8(13)3-4-9(10)14-11(16)12(15)5-6-12/h3-4,7H,2,5-6H2,1H3,(H,14,16). The highest BCUT2D eigenvalue weighted by molar-refractivity contribution is 9.10. The summed E-state index contributed by atoms with van der Waals surface area (Å²) < 4.78 is 1.05. The molecular weight excluding hydrogens is 268 g/mol. The lowest BCUT2D eigenvalue weighted by Crippen LogP contribution is -2.50. The topological polar surface area (TPSA) is 32.3 Å². The number of halogens is 1. The van der Waals surface area contributed by atoms with Gasteiger partial charge in [-0.3, -0.25) is 4.79 Å². The Morgan fingerprint density at radius 1 is 1.50 bits per heavy atom. The lowest BCUT2D eigenvalue weighted by molar-refractivity contribution is -0.118. The number of fused-ring (bicyclic) bond motifs is 1. The average molecular weight is 281 g/mol. The van der Waals surface area contributed by atoms with Crippen molar-refractivity contribution in [2.24, 2.45) is 0 Å². The van der Waals surface area contributed by atoms with Crippen molar-refractivity contribution in [3.05, 3.63) is 22.7 Å². The molecule has 0 unspecified atom stereocenters. The minimum Gasteiger partial charge on any atom is -0.356 e. The van der Waals surface area contributed by atoms with Crippen molar-refractivity contribution in [1.29, 1.82) is 0 Å². The van der Waals surface area contributed by atoms with Crippen molar-refractivity contribution >= 4 is 33.2 Å². The number of nitrogens with one attached hydrogen (secondary N) is 1. The van der Waals surface area contributed by atoms with Crippen molar-refractivity contribution < 1.29 is 4.79 Å². The van der Waals surface area contributed by atoms with Crippen molar-refractivity contribution in [3.8, 4) is 0 Å². The van der Waals surface area contributed by atoms with E-state index < -0.39 is 0 Å². The van der Waals surface area contributed by atoms with Gasteiger partial charge < -0.3 is 10.2 Å². The van der Waals surface area contributed by atoms with Gasteiger partial charge in [-0.1, -0.05) is 15.9 Å². The number of amides is 1. The SMILES string of the molecule is CCN1c2cc(Br)ccc2NC(=O)C12CC2. The Labute approximate surface area is 103 Å². The largest absolute Gasteiger partial charge is 0.356 e. The first-order valence-electron chi connectivity index (χ1n) is 5.56. The van der Waals surface area contributed by atoms with Crippen LogP contribution < -0.4 is 10.2 Å². The molecule has 2 aliphatic rings. The van der Waals surface area contributed by atoms with Crippen molar-refractivity contribution in [2.75, 3.05) is 16.8 Å². The second kappa shape index (κ2) is 3.23. The van der Waals surface area contributed by atoms with Crippen LogP contribution in [0.2, 0.25) is 0 Å². The van der Waals surface area contributed by atoms with E-state index in [1.165, 1.54) is 0 Å². The van der Waals surface area contributed by atoms with E-state index in [9.17, 15) is 4.79 Å². The predicted octanol–water partition coefficient (Wildman–Crippen LogP) is 2.76. The Balaban J connectivity index is 2.14. The summed E-state index contributed by atoms with van der Waals surface area (Å²) in [7, 11) is 0. The maximum Gasteiger partial charge on any atom is 0.250 e. The molecule has 84 valence electrons. The van der Waals surface area contributed by atoms with Gasteiger partial charge in [-0.2, -0.15) is 0 Å². The number of rotatable bonds is 1. The molecule has 0 saturated heterocycles. The van der Waals surface area contributed by atoms with Crippen LogP contribution in [0.5, 0.6) is 0 Å². The van der Waals surface area contributed by atoms with Crippen LogP contribution in [-0.2, 0) is 4.79 Å². The first kappa shape index (κ1) is 10.1. The fourth-order valence-electron chi connectivity index (χ4n) is 2.51. The third-order valence-corrected chi connectivity index (χ3v) is 3.97. The van der Waals surface area contributed by atoms with Gasteiger partial charge in [0.1, 0.15) is 5.54 Å². The molecule has 1 amide bonds. The van der Waals surface area contributed by atoms with Crippen LogP contribution in [0.15, 0.2) is 22.7 Å². The quantitative estimate of drug-likeness (QED) is 0.858. The van der Waals surface area contributed by atoms with Crippen molar-refractivity contribution in [1.82, 2.24) is 0 Å². The number of benzene rings is 1. The van der Waals surface area contributed by atoms with E-state index in [4.69, 9.17) is 0 Å². The lowest BCUT2D eigenvalue weighted by atomic mass is 10.1. The summed E-state index contributed by atoms with van der Waals surface area (Å²) in [5.74, 6) is 0.157.